The van der Waals surface area contributed by atoms with Crippen LogP contribution >= 0.6 is 15.9 Å². The van der Waals surface area contributed by atoms with E-state index in [1.807, 2.05) is 0 Å². The molecule has 0 aliphatic heterocycles. The molecule has 3 nitrogen and oxygen atoms in total. The van der Waals surface area contributed by atoms with Gasteiger partial charge in [-0.1, -0.05) is 0 Å². The van der Waals surface area contributed by atoms with E-state index in [0.717, 1.165) is 19.4 Å². The highest BCUT2D eigenvalue weighted by molar-refractivity contribution is 9.10. The van der Waals surface area contributed by atoms with Gasteiger partial charge in [-0.2, -0.15) is 0 Å². The van der Waals surface area contributed by atoms with Gasteiger partial charge in [-0.15, -0.1) is 0 Å². The summed E-state index contributed by atoms with van der Waals surface area (Å²) in [4.78, 5) is 3.93. The molecule has 0 atom stereocenters. The molecule has 15 heavy (non-hydrogen) atoms. The monoisotopic (exact) mass is 276 g/mol. The molecule has 0 radical (unpaired) electrons. The number of unbranched alkanes of at least 4 members (excludes halogenated alkanes) is 1. The van der Waals surface area contributed by atoms with Crippen LogP contribution in [0.1, 0.15) is 12.8 Å². The summed E-state index contributed by atoms with van der Waals surface area (Å²) in [6, 6.07) is 1.39. The van der Waals surface area contributed by atoms with Gasteiger partial charge < -0.3 is 10.1 Å². The number of aromatic nitrogens is 1. The van der Waals surface area contributed by atoms with Crippen LogP contribution in [0.4, 0.5) is 10.2 Å². The molecule has 0 aromatic carbocycles. The van der Waals surface area contributed by atoms with Crippen molar-refractivity contribution in [1.82, 2.24) is 4.98 Å². The Hall–Kier alpha value is -0.680. The predicted molar refractivity (Wildman–Crippen MR) is 61.5 cm³/mol. The van der Waals surface area contributed by atoms with E-state index in [2.05, 4.69) is 26.2 Å². The Bertz CT molecular complexity index is 309. The standard InChI is InChI=1S/C10H14BrFN2O/c1-15-5-3-2-4-13-10-9(12)6-8(11)7-14-10/h6-7H,2-5H2,1H3,(H,13,14). The van der Waals surface area contributed by atoms with Gasteiger partial charge in [0.15, 0.2) is 11.6 Å². The zero-order valence-corrected chi connectivity index (χ0v) is 10.2. The minimum Gasteiger partial charge on any atom is -0.385 e. The molecule has 1 aromatic rings. The number of ether oxygens (including phenoxy) is 1. The molecular formula is C10H14BrFN2O. The van der Waals surface area contributed by atoms with E-state index >= 15 is 0 Å². The number of halogens is 2. The summed E-state index contributed by atoms with van der Waals surface area (Å²) in [6.07, 6.45) is 3.47. The fraction of sp³-hybridized carbons (Fsp3) is 0.500. The third-order valence-corrected chi connectivity index (χ3v) is 2.31. The SMILES string of the molecule is COCCCCNc1ncc(Br)cc1F. The third kappa shape index (κ3) is 4.57. The van der Waals surface area contributed by atoms with Gasteiger partial charge in [0.1, 0.15) is 0 Å². The second-order valence-corrected chi connectivity index (χ2v) is 4.03. The predicted octanol–water partition coefficient (Wildman–Crippen LogP) is 2.82. The summed E-state index contributed by atoms with van der Waals surface area (Å²) < 4.78 is 18.8. The molecular weight excluding hydrogens is 263 g/mol. The van der Waals surface area contributed by atoms with Crippen LogP contribution in [-0.2, 0) is 4.74 Å². The average Bonchev–Trinajstić information content (AvgIpc) is 2.20. The van der Waals surface area contributed by atoms with Crippen LogP contribution in [0.3, 0.4) is 0 Å². The Labute approximate surface area is 97.2 Å². The van der Waals surface area contributed by atoms with Crippen molar-refractivity contribution >= 4 is 21.7 Å². The smallest absolute Gasteiger partial charge is 0.166 e. The number of pyridine rings is 1. The number of hydrogen-bond acceptors (Lipinski definition) is 3. The number of nitrogens with zero attached hydrogens (tertiary/aromatic N) is 1. The van der Waals surface area contributed by atoms with Crippen LogP contribution in [0.25, 0.3) is 0 Å². The second kappa shape index (κ2) is 6.74. The first-order valence-electron chi connectivity index (χ1n) is 4.78. The Balaban J connectivity index is 2.31. The maximum absolute atomic E-state index is 13.2. The van der Waals surface area contributed by atoms with Gasteiger partial charge in [0, 0.05) is 30.9 Å². The number of nitrogens with one attached hydrogen (secondary N) is 1. The molecule has 84 valence electrons. The fourth-order valence-electron chi connectivity index (χ4n) is 1.12. The Morgan fingerprint density at radius 1 is 1.53 bits per heavy atom. The lowest BCUT2D eigenvalue weighted by Gasteiger charge is -2.06. The third-order valence-electron chi connectivity index (χ3n) is 1.88. The van der Waals surface area contributed by atoms with Crippen molar-refractivity contribution in [2.75, 3.05) is 25.6 Å². The maximum Gasteiger partial charge on any atom is 0.166 e. The summed E-state index contributed by atoms with van der Waals surface area (Å²) in [5.41, 5.74) is 0. The first-order chi connectivity index (χ1) is 7.24. The molecule has 0 spiro atoms. The van der Waals surface area contributed by atoms with Crippen LogP contribution in [0, 0.1) is 5.82 Å². The lowest BCUT2D eigenvalue weighted by atomic mass is 10.3. The molecule has 0 fully saturated rings. The van der Waals surface area contributed by atoms with E-state index in [4.69, 9.17) is 4.74 Å². The number of hydrogen-bond donors (Lipinski definition) is 1. The molecule has 0 saturated heterocycles. The van der Waals surface area contributed by atoms with Gasteiger partial charge in [0.05, 0.1) is 0 Å². The molecule has 0 amide bonds. The van der Waals surface area contributed by atoms with Crippen LogP contribution in [0.15, 0.2) is 16.7 Å². The second-order valence-electron chi connectivity index (χ2n) is 3.11. The summed E-state index contributed by atoms with van der Waals surface area (Å²) in [5.74, 6) is -0.0354. The van der Waals surface area contributed by atoms with E-state index < -0.39 is 0 Å². The van der Waals surface area contributed by atoms with Crippen molar-refractivity contribution in [2.45, 2.75) is 12.8 Å². The topological polar surface area (TPSA) is 34.1 Å². The average molecular weight is 277 g/mol. The summed E-state index contributed by atoms with van der Waals surface area (Å²) in [5, 5.41) is 2.94. The number of anilines is 1. The molecule has 0 saturated carbocycles. The van der Waals surface area contributed by atoms with Crippen molar-refractivity contribution in [2.24, 2.45) is 0 Å². The van der Waals surface area contributed by atoms with Crippen molar-refractivity contribution < 1.29 is 9.13 Å². The van der Waals surface area contributed by atoms with Crippen LogP contribution in [0.2, 0.25) is 0 Å². The lowest BCUT2D eigenvalue weighted by Crippen LogP contribution is -2.06. The summed E-state index contributed by atoms with van der Waals surface area (Å²) in [6.45, 7) is 1.44. The van der Waals surface area contributed by atoms with Gasteiger partial charge >= 0.3 is 0 Å². The molecule has 1 heterocycles. The molecule has 0 unspecified atom stereocenters. The Morgan fingerprint density at radius 2 is 2.33 bits per heavy atom. The fourth-order valence-corrected chi connectivity index (χ4v) is 1.43. The number of rotatable bonds is 6. The first kappa shape index (κ1) is 12.4. The first-order valence-corrected chi connectivity index (χ1v) is 5.57. The van der Waals surface area contributed by atoms with E-state index in [1.165, 1.54) is 6.07 Å². The summed E-state index contributed by atoms with van der Waals surface area (Å²) in [7, 11) is 1.67. The highest BCUT2D eigenvalue weighted by Gasteiger charge is 2.02. The zero-order valence-electron chi connectivity index (χ0n) is 8.59. The lowest BCUT2D eigenvalue weighted by molar-refractivity contribution is 0.193. The van der Waals surface area contributed by atoms with E-state index in [-0.39, 0.29) is 5.82 Å². The van der Waals surface area contributed by atoms with Gasteiger partial charge in [0.25, 0.3) is 0 Å². The van der Waals surface area contributed by atoms with E-state index in [0.29, 0.717) is 16.8 Å². The van der Waals surface area contributed by atoms with Crippen LogP contribution < -0.4 is 5.32 Å². The van der Waals surface area contributed by atoms with Gasteiger partial charge in [-0.3, -0.25) is 0 Å². The van der Waals surface area contributed by atoms with Gasteiger partial charge in [-0.05, 0) is 34.8 Å². The summed E-state index contributed by atoms with van der Waals surface area (Å²) >= 11 is 3.15. The molecule has 1 aromatic heterocycles. The normalized spacial score (nSPS) is 10.3. The Kier molecular flexibility index (Phi) is 5.57. The Morgan fingerprint density at radius 3 is 3.00 bits per heavy atom. The van der Waals surface area contributed by atoms with Gasteiger partial charge in [-0.25, -0.2) is 9.37 Å². The molecule has 0 aliphatic rings. The molecule has 1 rings (SSSR count). The largest absolute Gasteiger partial charge is 0.385 e. The van der Waals surface area contributed by atoms with Crippen molar-refractivity contribution in [1.29, 1.82) is 0 Å². The highest BCUT2D eigenvalue weighted by Crippen LogP contribution is 2.15. The van der Waals surface area contributed by atoms with Crippen molar-refractivity contribution in [3.63, 3.8) is 0 Å². The van der Waals surface area contributed by atoms with Crippen molar-refractivity contribution in [3.05, 3.63) is 22.6 Å². The molecule has 5 heteroatoms. The van der Waals surface area contributed by atoms with Crippen molar-refractivity contribution in [3.8, 4) is 0 Å². The van der Waals surface area contributed by atoms with E-state index in [1.54, 1.807) is 13.3 Å². The molecule has 1 N–H and O–H groups in total. The number of methoxy groups -OCH3 is 1. The quantitative estimate of drug-likeness (QED) is 0.812. The molecule has 0 bridgehead atoms. The van der Waals surface area contributed by atoms with E-state index in [9.17, 15) is 4.39 Å². The van der Waals surface area contributed by atoms with Crippen LogP contribution in [-0.4, -0.2) is 25.2 Å². The minimum atomic E-state index is -0.337. The maximum atomic E-state index is 13.2. The van der Waals surface area contributed by atoms with Gasteiger partial charge in [0.2, 0.25) is 0 Å². The highest BCUT2D eigenvalue weighted by atomic mass is 79.9. The zero-order chi connectivity index (χ0) is 11.1. The molecule has 0 aliphatic carbocycles. The van der Waals surface area contributed by atoms with Crippen LogP contribution in [0.5, 0.6) is 0 Å². The minimum absolute atomic E-state index is 0.301.